The van der Waals surface area contributed by atoms with Crippen LogP contribution in [0.4, 0.5) is 13.2 Å². The maximum Gasteiger partial charge on any atom is 0.416 e. The summed E-state index contributed by atoms with van der Waals surface area (Å²) in [7, 11) is 1.58. The highest BCUT2D eigenvalue weighted by atomic mass is 19.4. The van der Waals surface area contributed by atoms with E-state index in [4.69, 9.17) is 4.74 Å². The normalized spacial score (nSPS) is 20.1. The Kier molecular flexibility index (Phi) is 3.40. The van der Waals surface area contributed by atoms with Gasteiger partial charge < -0.3 is 10.1 Å². The van der Waals surface area contributed by atoms with Crippen molar-refractivity contribution in [1.29, 1.82) is 0 Å². The van der Waals surface area contributed by atoms with Gasteiger partial charge in [-0.1, -0.05) is 6.07 Å². The van der Waals surface area contributed by atoms with Gasteiger partial charge in [0.05, 0.1) is 18.2 Å². The van der Waals surface area contributed by atoms with E-state index >= 15 is 0 Å². The Morgan fingerprint density at radius 2 is 2.18 bits per heavy atom. The fourth-order valence-electron chi connectivity index (χ4n) is 2.14. The van der Waals surface area contributed by atoms with E-state index in [1.807, 2.05) is 0 Å². The molecular formula is C12H14F3NO. The molecule has 0 spiro atoms. The molecule has 1 atom stereocenters. The highest BCUT2D eigenvalue weighted by molar-refractivity contribution is 5.37. The average Bonchev–Trinajstić information content (AvgIpc) is 2.28. The lowest BCUT2D eigenvalue weighted by atomic mass is 9.93. The van der Waals surface area contributed by atoms with Crippen LogP contribution in [0.5, 0.6) is 0 Å². The Morgan fingerprint density at radius 3 is 2.82 bits per heavy atom. The molecule has 2 rings (SSSR count). The fraction of sp³-hybridized carbons (Fsp3) is 0.500. The Labute approximate surface area is 97.8 Å². The zero-order chi connectivity index (χ0) is 12.5. The van der Waals surface area contributed by atoms with Crippen LogP contribution in [0, 0.1) is 0 Å². The van der Waals surface area contributed by atoms with Crippen molar-refractivity contribution >= 4 is 0 Å². The summed E-state index contributed by atoms with van der Waals surface area (Å²) >= 11 is 0. The quantitative estimate of drug-likeness (QED) is 0.864. The molecule has 1 unspecified atom stereocenters. The molecule has 1 aromatic carbocycles. The number of nitrogens with one attached hydrogen (secondary N) is 1. The zero-order valence-corrected chi connectivity index (χ0v) is 9.47. The van der Waals surface area contributed by atoms with Crippen molar-refractivity contribution in [3.8, 4) is 0 Å². The summed E-state index contributed by atoms with van der Waals surface area (Å²) in [5.74, 6) is 0. The minimum Gasteiger partial charge on any atom is -0.383 e. The van der Waals surface area contributed by atoms with Crippen LogP contribution in [0.1, 0.15) is 22.7 Å². The summed E-state index contributed by atoms with van der Waals surface area (Å²) < 4.78 is 42.7. The highest BCUT2D eigenvalue weighted by Gasteiger charge is 2.32. The van der Waals surface area contributed by atoms with Crippen molar-refractivity contribution in [2.75, 3.05) is 20.3 Å². The number of methoxy groups -OCH3 is 1. The van der Waals surface area contributed by atoms with Crippen LogP contribution in [-0.4, -0.2) is 20.3 Å². The first-order valence-electron chi connectivity index (χ1n) is 5.44. The molecular weight excluding hydrogens is 231 g/mol. The lowest BCUT2D eigenvalue weighted by molar-refractivity contribution is -0.137. The third kappa shape index (κ3) is 2.61. The van der Waals surface area contributed by atoms with E-state index in [1.54, 1.807) is 13.2 Å². The van der Waals surface area contributed by atoms with Gasteiger partial charge in [-0.3, -0.25) is 0 Å². The molecule has 0 radical (unpaired) electrons. The SMILES string of the molecule is COCC1NCCc2cc(C(F)(F)F)ccc21. The van der Waals surface area contributed by atoms with Gasteiger partial charge in [-0.05, 0) is 36.2 Å². The van der Waals surface area contributed by atoms with E-state index in [9.17, 15) is 13.2 Å². The second-order valence-corrected chi connectivity index (χ2v) is 4.12. The maximum absolute atomic E-state index is 12.6. The Hall–Kier alpha value is -1.07. The standard InChI is InChI=1S/C12H14F3NO/c1-17-7-11-10-3-2-9(12(13,14)15)6-8(10)4-5-16-11/h2-3,6,11,16H,4-5,7H2,1H3. The number of ether oxygens (including phenoxy) is 1. The zero-order valence-electron chi connectivity index (χ0n) is 9.47. The van der Waals surface area contributed by atoms with Crippen molar-refractivity contribution in [3.05, 3.63) is 34.9 Å². The Bertz CT molecular complexity index is 403. The molecule has 0 saturated carbocycles. The smallest absolute Gasteiger partial charge is 0.383 e. The molecule has 1 heterocycles. The predicted octanol–water partition coefficient (Wildman–Crippen LogP) is 2.54. The molecule has 5 heteroatoms. The number of hydrogen-bond donors (Lipinski definition) is 1. The Morgan fingerprint density at radius 1 is 1.41 bits per heavy atom. The van der Waals surface area contributed by atoms with Crippen molar-refractivity contribution in [2.24, 2.45) is 0 Å². The van der Waals surface area contributed by atoms with E-state index in [0.717, 1.165) is 17.2 Å². The van der Waals surface area contributed by atoms with Crippen molar-refractivity contribution < 1.29 is 17.9 Å². The van der Waals surface area contributed by atoms with Gasteiger partial charge in [-0.15, -0.1) is 0 Å². The van der Waals surface area contributed by atoms with Crippen LogP contribution in [0.3, 0.4) is 0 Å². The van der Waals surface area contributed by atoms with Crippen LogP contribution in [0.25, 0.3) is 0 Å². The lowest BCUT2D eigenvalue weighted by Gasteiger charge is -2.27. The van der Waals surface area contributed by atoms with Gasteiger partial charge >= 0.3 is 6.18 Å². The first-order chi connectivity index (χ1) is 8.02. The van der Waals surface area contributed by atoms with Crippen LogP contribution in [0.15, 0.2) is 18.2 Å². The van der Waals surface area contributed by atoms with Gasteiger partial charge in [0, 0.05) is 7.11 Å². The van der Waals surface area contributed by atoms with Crippen LogP contribution >= 0.6 is 0 Å². The first kappa shape index (κ1) is 12.4. The summed E-state index contributed by atoms with van der Waals surface area (Å²) in [5.41, 5.74) is 1.10. The summed E-state index contributed by atoms with van der Waals surface area (Å²) in [6.07, 6.45) is -3.64. The van der Waals surface area contributed by atoms with Gasteiger partial charge in [0.1, 0.15) is 0 Å². The van der Waals surface area contributed by atoms with Gasteiger partial charge in [-0.2, -0.15) is 13.2 Å². The van der Waals surface area contributed by atoms with Gasteiger partial charge in [-0.25, -0.2) is 0 Å². The molecule has 1 aliphatic heterocycles. The van der Waals surface area contributed by atoms with Crippen molar-refractivity contribution in [1.82, 2.24) is 5.32 Å². The molecule has 94 valence electrons. The first-order valence-corrected chi connectivity index (χ1v) is 5.44. The molecule has 0 amide bonds. The number of halogens is 3. The van der Waals surface area contributed by atoms with Crippen LogP contribution in [-0.2, 0) is 17.3 Å². The maximum atomic E-state index is 12.6. The number of alkyl halides is 3. The van der Waals surface area contributed by atoms with Gasteiger partial charge in [0.15, 0.2) is 0 Å². The third-order valence-electron chi connectivity index (χ3n) is 2.96. The molecule has 0 aromatic heterocycles. The van der Waals surface area contributed by atoms with Crippen molar-refractivity contribution in [2.45, 2.75) is 18.6 Å². The lowest BCUT2D eigenvalue weighted by Crippen LogP contribution is -2.32. The topological polar surface area (TPSA) is 21.3 Å². The Balaban J connectivity index is 2.33. The van der Waals surface area contributed by atoms with E-state index < -0.39 is 11.7 Å². The second kappa shape index (κ2) is 4.66. The molecule has 0 saturated heterocycles. The number of benzene rings is 1. The molecule has 2 nitrogen and oxygen atoms in total. The molecule has 0 bridgehead atoms. The molecule has 0 aliphatic carbocycles. The van der Waals surface area contributed by atoms with E-state index in [0.29, 0.717) is 19.6 Å². The monoisotopic (exact) mass is 245 g/mol. The minimum absolute atomic E-state index is 0.00830. The number of rotatable bonds is 2. The number of fused-ring (bicyclic) bond motifs is 1. The molecule has 1 aromatic rings. The van der Waals surface area contributed by atoms with E-state index in [1.165, 1.54) is 6.07 Å². The summed E-state index contributed by atoms with van der Waals surface area (Å²) in [6.45, 7) is 1.15. The van der Waals surface area contributed by atoms with Crippen LogP contribution < -0.4 is 5.32 Å². The average molecular weight is 245 g/mol. The van der Waals surface area contributed by atoms with E-state index in [-0.39, 0.29) is 6.04 Å². The van der Waals surface area contributed by atoms with E-state index in [2.05, 4.69) is 5.32 Å². The van der Waals surface area contributed by atoms with Gasteiger partial charge in [0.2, 0.25) is 0 Å². The van der Waals surface area contributed by atoms with Gasteiger partial charge in [0.25, 0.3) is 0 Å². The number of hydrogen-bond acceptors (Lipinski definition) is 2. The van der Waals surface area contributed by atoms with Crippen molar-refractivity contribution in [3.63, 3.8) is 0 Å². The van der Waals surface area contributed by atoms with Crippen LogP contribution in [0.2, 0.25) is 0 Å². The largest absolute Gasteiger partial charge is 0.416 e. The summed E-state index contributed by atoms with van der Waals surface area (Å²) in [5, 5.41) is 3.23. The molecule has 1 N–H and O–H groups in total. The molecule has 17 heavy (non-hydrogen) atoms. The highest BCUT2D eigenvalue weighted by Crippen LogP contribution is 2.33. The summed E-state index contributed by atoms with van der Waals surface area (Å²) in [6, 6.07) is 3.92. The fourth-order valence-corrected chi connectivity index (χ4v) is 2.14. The summed E-state index contributed by atoms with van der Waals surface area (Å²) in [4.78, 5) is 0. The predicted molar refractivity (Wildman–Crippen MR) is 57.8 cm³/mol. The third-order valence-corrected chi connectivity index (χ3v) is 2.96. The second-order valence-electron chi connectivity index (χ2n) is 4.12. The molecule has 0 fully saturated rings. The molecule has 1 aliphatic rings. The minimum atomic E-state index is -4.27.